The number of nitrogens with two attached hydrogens (primary N) is 1. The van der Waals surface area contributed by atoms with Crippen LogP contribution in [-0.4, -0.2) is 7.11 Å². The van der Waals surface area contributed by atoms with E-state index >= 15 is 0 Å². The molecular formula is C14H14ClNO2. The van der Waals surface area contributed by atoms with Gasteiger partial charge in [-0.3, -0.25) is 0 Å². The standard InChI is InChI=1S/C14H14ClNO2/c1-17-12-3-2-4-13(8-12)18-9-10-7-11(15)5-6-14(10)16/h2-8H,9,16H2,1H3. The van der Waals surface area contributed by atoms with E-state index in [4.69, 9.17) is 26.8 Å². The highest BCUT2D eigenvalue weighted by Gasteiger charge is 2.02. The molecule has 0 bridgehead atoms. The molecule has 2 aromatic carbocycles. The average Bonchev–Trinajstić information content (AvgIpc) is 2.40. The molecule has 94 valence electrons. The molecule has 0 fully saturated rings. The van der Waals surface area contributed by atoms with Crippen LogP contribution in [0, 0.1) is 0 Å². The lowest BCUT2D eigenvalue weighted by molar-refractivity contribution is 0.304. The molecule has 0 atom stereocenters. The molecule has 0 aromatic heterocycles. The van der Waals surface area contributed by atoms with E-state index in [1.807, 2.05) is 24.3 Å². The summed E-state index contributed by atoms with van der Waals surface area (Å²) < 4.78 is 10.8. The Kier molecular flexibility index (Phi) is 3.95. The van der Waals surface area contributed by atoms with Gasteiger partial charge in [-0.2, -0.15) is 0 Å². The first-order valence-electron chi connectivity index (χ1n) is 5.50. The van der Waals surface area contributed by atoms with Gasteiger partial charge in [0.05, 0.1) is 7.11 Å². The van der Waals surface area contributed by atoms with Gasteiger partial charge < -0.3 is 15.2 Å². The van der Waals surface area contributed by atoms with Crippen molar-refractivity contribution in [2.24, 2.45) is 0 Å². The van der Waals surface area contributed by atoms with Crippen LogP contribution in [0.5, 0.6) is 11.5 Å². The molecule has 3 nitrogen and oxygen atoms in total. The second kappa shape index (κ2) is 5.65. The highest BCUT2D eigenvalue weighted by molar-refractivity contribution is 6.30. The maximum Gasteiger partial charge on any atom is 0.123 e. The second-order valence-electron chi connectivity index (χ2n) is 3.81. The Morgan fingerprint density at radius 3 is 2.67 bits per heavy atom. The van der Waals surface area contributed by atoms with Crippen LogP contribution in [0.15, 0.2) is 42.5 Å². The van der Waals surface area contributed by atoms with Crippen LogP contribution in [-0.2, 0) is 6.61 Å². The van der Waals surface area contributed by atoms with E-state index in [1.165, 1.54) is 0 Å². The molecule has 0 spiro atoms. The van der Waals surface area contributed by atoms with Gasteiger partial charge in [0.15, 0.2) is 0 Å². The Morgan fingerprint density at radius 1 is 1.11 bits per heavy atom. The monoisotopic (exact) mass is 263 g/mol. The lowest BCUT2D eigenvalue weighted by Gasteiger charge is -2.09. The van der Waals surface area contributed by atoms with Gasteiger partial charge >= 0.3 is 0 Å². The number of anilines is 1. The minimum absolute atomic E-state index is 0.375. The Balaban J connectivity index is 2.08. The second-order valence-corrected chi connectivity index (χ2v) is 4.25. The highest BCUT2D eigenvalue weighted by atomic mass is 35.5. The molecule has 2 N–H and O–H groups in total. The number of methoxy groups -OCH3 is 1. The largest absolute Gasteiger partial charge is 0.497 e. The van der Waals surface area contributed by atoms with Crippen molar-refractivity contribution in [2.75, 3.05) is 12.8 Å². The summed E-state index contributed by atoms with van der Waals surface area (Å²) in [4.78, 5) is 0. The normalized spacial score (nSPS) is 10.1. The summed E-state index contributed by atoms with van der Waals surface area (Å²) in [6.45, 7) is 0.375. The number of halogens is 1. The summed E-state index contributed by atoms with van der Waals surface area (Å²) in [6, 6.07) is 12.7. The maximum atomic E-state index is 5.92. The zero-order valence-corrected chi connectivity index (χ0v) is 10.8. The average molecular weight is 264 g/mol. The molecule has 0 radical (unpaired) electrons. The molecule has 4 heteroatoms. The fraction of sp³-hybridized carbons (Fsp3) is 0.143. The summed E-state index contributed by atoms with van der Waals surface area (Å²) in [5, 5.41) is 0.647. The van der Waals surface area contributed by atoms with Gasteiger partial charge in [-0.15, -0.1) is 0 Å². The lowest BCUT2D eigenvalue weighted by Crippen LogP contribution is -2.00. The van der Waals surface area contributed by atoms with Crippen LogP contribution in [0.25, 0.3) is 0 Å². The van der Waals surface area contributed by atoms with Gasteiger partial charge in [0.25, 0.3) is 0 Å². The molecule has 2 aromatic rings. The zero-order valence-electron chi connectivity index (χ0n) is 10.0. The number of rotatable bonds is 4. The summed E-state index contributed by atoms with van der Waals surface area (Å²) in [7, 11) is 1.62. The minimum Gasteiger partial charge on any atom is -0.497 e. The molecule has 0 aliphatic heterocycles. The predicted molar refractivity (Wildman–Crippen MR) is 73.2 cm³/mol. The Hall–Kier alpha value is -1.87. The summed E-state index contributed by atoms with van der Waals surface area (Å²) in [5.74, 6) is 1.49. The molecule has 0 amide bonds. The molecule has 0 heterocycles. The van der Waals surface area contributed by atoms with Gasteiger partial charge in [-0.25, -0.2) is 0 Å². The third-order valence-electron chi connectivity index (χ3n) is 2.54. The third-order valence-corrected chi connectivity index (χ3v) is 2.78. The van der Waals surface area contributed by atoms with E-state index in [2.05, 4.69) is 0 Å². The number of ether oxygens (including phenoxy) is 2. The fourth-order valence-corrected chi connectivity index (χ4v) is 1.75. The molecular weight excluding hydrogens is 250 g/mol. The molecule has 0 saturated heterocycles. The van der Waals surface area contributed by atoms with Gasteiger partial charge in [0.2, 0.25) is 0 Å². The van der Waals surface area contributed by atoms with Crippen molar-refractivity contribution in [2.45, 2.75) is 6.61 Å². The quantitative estimate of drug-likeness (QED) is 0.859. The van der Waals surface area contributed by atoms with Crippen LogP contribution in [0.3, 0.4) is 0 Å². The van der Waals surface area contributed by atoms with Crippen molar-refractivity contribution >= 4 is 17.3 Å². The van der Waals surface area contributed by atoms with E-state index in [9.17, 15) is 0 Å². The van der Waals surface area contributed by atoms with Crippen molar-refractivity contribution in [1.82, 2.24) is 0 Å². The van der Waals surface area contributed by atoms with E-state index in [-0.39, 0.29) is 0 Å². The number of nitrogen functional groups attached to an aromatic ring is 1. The van der Waals surface area contributed by atoms with Crippen molar-refractivity contribution in [1.29, 1.82) is 0 Å². The summed E-state index contributed by atoms with van der Waals surface area (Å²) >= 11 is 5.92. The topological polar surface area (TPSA) is 44.5 Å². The van der Waals surface area contributed by atoms with Crippen LogP contribution < -0.4 is 15.2 Å². The van der Waals surface area contributed by atoms with E-state index in [1.54, 1.807) is 25.3 Å². The smallest absolute Gasteiger partial charge is 0.123 e. The molecule has 0 aliphatic carbocycles. The zero-order chi connectivity index (χ0) is 13.0. The van der Waals surface area contributed by atoms with E-state index < -0.39 is 0 Å². The van der Waals surface area contributed by atoms with Gasteiger partial charge in [0, 0.05) is 22.3 Å². The predicted octanol–water partition coefficient (Wildman–Crippen LogP) is 3.51. The molecule has 0 aliphatic rings. The summed E-state index contributed by atoms with van der Waals surface area (Å²) in [6.07, 6.45) is 0. The maximum absolute atomic E-state index is 5.92. The fourth-order valence-electron chi connectivity index (χ4n) is 1.55. The van der Waals surface area contributed by atoms with Crippen LogP contribution in [0.1, 0.15) is 5.56 Å². The SMILES string of the molecule is COc1cccc(OCc2cc(Cl)ccc2N)c1. The van der Waals surface area contributed by atoms with Crippen molar-refractivity contribution in [3.05, 3.63) is 53.1 Å². The first-order chi connectivity index (χ1) is 8.69. The Bertz CT molecular complexity index is 543. The number of benzene rings is 2. The van der Waals surface area contributed by atoms with Crippen molar-refractivity contribution < 1.29 is 9.47 Å². The van der Waals surface area contributed by atoms with Gasteiger partial charge in [0.1, 0.15) is 18.1 Å². The first kappa shape index (κ1) is 12.6. The van der Waals surface area contributed by atoms with Gasteiger partial charge in [-0.1, -0.05) is 17.7 Å². The van der Waals surface area contributed by atoms with Gasteiger partial charge in [-0.05, 0) is 30.3 Å². The van der Waals surface area contributed by atoms with Crippen LogP contribution >= 0.6 is 11.6 Å². The van der Waals surface area contributed by atoms with Crippen molar-refractivity contribution in [3.63, 3.8) is 0 Å². The molecule has 18 heavy (non-hydrogen) atoms. The number of hydrogen-bond donors (Lipinski definition) is 1. The minimum atomic E-state index is 0.375. The van der Waals surface area contributed by atoms with Crippen LogP contribution in [0.2, 0.25) is 5.02 Å². The van der Waals surface area contributed by atoms with Crippen LogP contribution in [0.4, 0.5) is 5.69 Å². The molecule has 0 unspecified atom stereocenters. The molecule has 0 saturated carbocycles. The third kappa shape index (κ3) is 3.08. The molecule has 2 rings (SSSR count). The highest BCUT2D eigenvalue weighted by Crippen LogP contribution is 2.22. The first-order valence-corrected chi connectivity index (χ1v) is 5.87. The Labute approximate surface area is 111 Å². The van der Waals surface area contributed by atoms with E-state index in [0.29, 0.717) is 17.3 Å². The number of hydrogen-bond acceptors (Lipinski definition) is 3. The summed E-state index contributed by atoms with van der Waals surface area (Å²) in [5.41, 5.74) is 7.38. The lowest BCUT2D eigenvalue weighted by atomic mass is 10.2. The van der Waals surface area contributed by atoms with Crippen molar-refractivity contribution in [3.8, 4) is 11.5 Å². The van der Waals surface area contributed by atoms with E-state index in [0.717, 1.165) is 17.1 Å². The Morgan fingerprint density at radius 2 is 1.89 bits per heavy atom.